The molecule has 1 aromatic rings. The second-order valence-corrected chi connectivity index (χ2v) is 6.03. The van der Waals surface area contributed by atoms with Crippen LogP contribution in [0.25, 0.3) is 0 Å². The van der Waals surface area contributed by atoms with Crippen LogP contribution in [0.5, 0.6) is 0 Å². The summed E-state index contributed by atoms with van der Waals surface area (Å²) in [5.41, 5.74) is -0.143. The van der Waals surface area contributed by atoms with Gasteiger partial charge in [0.2, 0.25) is 0 Å². The van der Waals surface area contributed by atoms with Crippen molar-refractivity contribution in [3.63, 3.8) is 0 Å². The normalized spacial score (nSPS) is 21.5. The summed E-state index contributed by atoms with van der Waals surface area (Å²) >= 11 is 0. The molecule has 22 heavy (non-hydrogen) atoms. The Balaban J connectivity index is 2.03. The molecule has 1 atom stereocenters. The van der Waals surface area contributed by atoms with Crippen LogP contribution in [0.3, 0.4) is 0 Å². The summed E-state index contributed by atoms with van der Waals surface area (Å²) in [4.78, 5) is 28.3. The highest BCUT2D eigenvalue weighted by molar-refractivity contribution is 6.07. The van der Waals surface area contributed by atoms with Gasteiger partial charge < -0.3 is 10.2 Å². The lowest BCUT2D eigenvalue weighted by Gasteiger charge is -2.23. The number of carbonyl (C=O) groups excluding carboxylic acids is 2. The molecule has 0 radical (unpaired) electrons. The Morgan fingerprint density at radius 1 is 1.18 bits per heavy atom. The first-order valence-electron chi connectivity index (χ1n) is 7.87. The molecule has 1 heterocycles. The predicted molar refractivity (Wildman–Crippen MR) is 86.4 cm³/mol. The monoisotopic (exact) mass is 303 g/mol. The number of hydrogen-bond donors (Lipinski definition) is 1. The predicted octanol–water partition coefficient (Wildman–Crippen LogP) is 2.19. The summed E-state index contributed by atoms with van der Waals surface area (Å²) in [6.07, 6.45) is 2.26. The van der Waals surface area contributed by atoms with E-state index < -0.39 is 5.54 Å². The van der Waals surface area contributed by atoms with Gasteiger partial charge in [0, 0.05) is 13.1 Å². The smallest absolute Gasteiger partial charge is 0.319 e. The van der Waals surface area contributed by atoms with Crippen molar-refractivity contribution in [2.45, 2.75) is 32.2 Å². The van der Waals surface area contributed by atoms with Crippen molar-refractivity contribution in [1.82, 2.24) is 15.1 Å². The van der Waals surface area contributed by atoms with Crippen molar-refractivity contribution in [3.05, 3.63) is 35.9 Å². The molecule has 1 aromatic carbocycles. The number of unbranched alkanes of at least 4 members (excludes halogenated alkanes) is 1. The van der Waals surface area contributed by atoms with Crippen molar-refractivity contribution in [2.24, 2.45) is 0 Å². The van der Waals surface area contributed by atoms with Crippen molar-refractivity contribution in [3.8, 4) is 0 Å². The van der Waals surface area contributed by atoms with Crippen LogP contribution in [0.4, 0.5) is 4.79 Å². The number of hydrogen-bond acceptors (Lipinski definition) is 3. The summed E-state index contributed by atoms with van der Waals surface area (Å²) < 4.78 is 0. The van der Waals surface area contributed by atoms with Gasteiger partial charge in [-0.15, -0.1) is 0 Å². The van der Waals surface area contributed by atoms with Crippen LogP contribution < -0.4 is 5.32 Å². The fourth-order valence-electron chi connectivity index (χ4n) is 2.68. The van der Waals surface area contributed by atoms with Crippen molar-refractivity contribution < 1.29 is 9.59 Å². The second-order valence-electron chi connectivity index (χ2n) is 6.03. The van der Waals surface area contributed by atoms with E-state index in [1.807, 2.05) is 37.4 Å². The minimum absolute atomic E-state index is 0.174. The molecule has 1 N–H and O–H groups in total. The van der Waals surface area contributed by atoms with Gasteiger partial charge in [0.15, 0.2) is 0 Å². The van der Waals surface area contributed by atoms with Crippen LogP contribution in [-0.2, 0) is 10.3 Å². The molecule has 0 bridgehead atoms. The Kier molecular flexibility index (Phi) is 5.19. The average Bonchev–Trinajstić information content (AvgIpc) is 2.75. The number of benzene rings is 1. The minimum Gasteiger partial charge on any atom is -0.319 e. The maximum atomic E-state index is 12.7. The Hall–Kier alpha value is -1.88. The Morgan fingerprint density at radius 2 is 1.86 bits per heavy atom. The molecule has 2 rings (SSSR count). The van der Waals surface area contributed by atoms with E-state index in [4.69, 9.17) is 0 Å². The van der Waals surface area contributed by atoms with Gasteiger partial charge in [0.1, 0.15) is 5.54 Å². The molecule has 1 unspecified atom stereocenters. The maximum absolute atomic E-state index is 12.7. The SMILES string of the molecule is CCCCN(C)CCN1C(=O)NC(C)(c2ccccc2)C1=O. The van der Waals surface area contributed by atoms with E-state index in [9.17, 15) is 9.59 Å². The summed E-state index contributed by atoms with van der Waals surface area (Å²) in [5.74, 6) is -0.174. The number of amides is 3. The van der Waals surface area contributed by atoms with Gasteiger partial charge in [-0.2, -0.15) is 0 Å². The molecule has 0 saturated carbocycles. The first kappa shape index (κ1) is 16.5. The van der Waals surface area contributed by atoms with Gasteiger partial charge in [-0.3, -0.25) is 9.69 Å². The zero-order valence-electron chi connectivity index (χ0n) is 13.6. The minimum atomic E-state index is -0.958. The molecule has 0 spiro atoms. The molecular formula is C17H25N3O2. The molecule has 1 fully saturated rings. The lowest BCUT2D eigenvalue weighted by atomic mass is 9.92. The zero-order valence-corrected chi connectivity index (χ0v) is 13.6. The van der Waals surface area contributed by atoms with E-state index >= 15 is 0 Å². The second kappa shape index (κ2) is 6.92. The molecule has 1 aliphatic heterocycles. The first-order chi connectivity index (χ1) is 10.5. The third kappa shape index (κ3) is 3.30. The Bertz CT molecular complexity index is 532. The number of urea groups is 1. The number of rotatable bonds is 7. The first-order valence-corrected chi connectivity index (χ1v) is 7.87. The number of likely N-dealkylation sites (N-methyl/N-ethyl adjacent to an activating group) is 1. The lowest BCUT2D eigenvalue weighted by molar-refractivity contribution is -0.131. The van der Waals surface area contributed by atoms with E-state index in [1.54, 1.807) is 6.92 Å². The molecule has 0 aliphatic carbocycles. The van der Waals surface area contributed by atoms with Crippen LogP contribution in [0.2, 0.25) is 0 Å². The van der Waals surface area contributed by atoms with Gasteiger partial charge >= 0.3 is 6.03 Å². The summed E-state index contributed by atoms with van der Waals surface area (Å²) in [5, 5.41) is 2.83. The third-order valence-electron chi connectivity index (χ3n) is 4.22. The van der Waals surface area contributed by atoms with E-state index in [0.717, 1.165) is 24.9 Å². The molecule has 1 saturated heterocycles. The molecule has 5 nitrogen and oxygen atoms in total. The highest BCUT2D eigenvalue weighted by Gasteiger charge is 2.48. The molecule has 120 valence electrons. The Morgan fingerprint density at radius 3 is 2.50 bits per heavy atom. The van der Waals surface area contributed by atoms with Crippen molar-refractivity contribution in [2.75, 3.05) is 26.7 Å². The van der Waals surface area contributed by atoms with Crippen LogP contribution >= 0.6 is 0 Å². The van der Waals surface area contributed by atoms with Gasteiger partial charge in [-0.05, 0) is 32.5 Å². The largest absolute Gasteiger partial charge is 0.325 e. The van der Waals surface area contributed by atoms with Crippen molar-refractivity contribution >= 4 is 11.9 Å². The highest BCUT2D eigenvalue weighted by atomic mass is 16.2. The third-order valence-corrected chi connectivity index (χ3v) is 4.22. The molecule has 0 aromatic heterocycles. The molecule has 1 aliphatic rings. The number of imide groups is 1. The van der Waals surface area contributed by atoms with Crippen LogP contribution in [0.1, 0.15) is 32.3 Å². The van der Waals surface area contributed by atoms with Gasteiger partial charge in [-0.1, -0.05) is 43.7 Å². The molecular weight excluding hydrogens is 278 g/mol. The van der Waals surface area contributed by atoms with Gasteiger partial charge in [0.05, 0.1) is 0 Å². The van der Waals surface area contributed by atoms with Crippen molar-refractivity contribution in [1.29, 1.82) is 0 Å². The standard InChI is InChI=1S/C17H25N3O2/c1-4-5-11-19(3)12-13-20-15(21)17(2,18-16(20)22)14-9-7-6-8-10-14/h6-10H,4-5,11-13H2,1-3H3,(H,18,22). The quantitative estimate of drug-likeness (QED) is 0.786. The van der Waals surface area contributed by atoms with Crippen LogP contribution in [-0.4, -0.2) is 48.4 Å². The fourth-order valence-corrected chi connectivity index (χ4v) is 2.68. The number of nitrogens with one attached hydrogen (secondary N) is 1. The number of carbonyl (C=O) groups is 2. The lowest BCUT2D eigenvalue weighted by Crippen LogP contribution is -2.41. The van der Waals surface area contributed by atoms with Crippen LogP contribution in [0, 0.1) is 0 Å². The van der Waals surface area contributed by atoms with E-state index in [1.165, 1.54) is 4.90 Å². The average molecular weight is 303 g/mol. The topological polar surface area (TPSA) is 52.6 Å². The highest BCUT2D eigenvalue weighted by Crippen LogP contribution is 2.28. The van der Waals surface area contributed by atoms with E-state index in [0.29, 0.717) is 13.1 Å². The summed E-state index contributed by atoms with van der Waals surface area (Å²) in [7, 11) is 2.02. The van der Waals surface area contributed by atoms with Crippen LogP contribution in [0.15, 0.2) is 30.3 Å². The van der Waals surface area contributed by atoms with Gasteiger partial charge in [0.25, 0.3) is 5.91 Å². The van der Waals surface area contributed by atoms with E-state index in [2.05, 4.69) is 17.1 Å². The zero-order chi connectivity index (χ0) is 16.2. The fraction of sp³-hybridized carbons (Fsp3) is 0.529. The summed E-state index contributed by atoms with van der Waals surface area (Å²) in [6.45, 7) is 6.02. The Labute approximate surface area is 132 Å². The number of nitrogens with zero attached hydrogens (tertiary/aromatic N) is 2. The van der Waals surface area contributed by atoms with E-state index in [-0.39, 0.29) is 11.9 Å². The maximum Gasteiger partial charge on any atom is 0.325 e. The molecule has 3 amide bonds. The molecule has 5 heteroatoms. The van der Waals surface area contributed by atoms with Gasteiger partial charge in [-0.25, -0.2) is 4.79 Å². The summed E-state index contributed by atoms with van der Waals surface area (Å²) in [6, 6.07) is 9.08.